The Balaban J connectivity index is 2.74. The summed E-state index contributed by atoms with van der Waals surface area (Å²) in [4.78, 5) is 10.5. The molecule has 0 N–H and O–H groups in total. The van der Waals surface area contributed by atoms with Crippen LogP contribution in [-0.2, 0) is 0 Å². The van der Waals surface area contributed by atoms with Gasteiger partial charge in [0.2, 0.25) is 0 Å². The van der Waals surface area contributed by atoms with Crippen molar-refractivity contribution in [1.29, 1.82) is 5.26 Å². The van der Waals surface area contributed by atoms with Crippen molar-refractivity contribution < 1.29 is 9.66 Å². The first-order chi connectivity index (χ1) is 9.49. The van der Waals surface area contributed by atoms with Crippen LogP contribution >= 0.6 is 0 Å². The molecule has 0 bridgehead atoms. The Bertz CT molecular complexity index is 726. The topological polar surface area (TPSA) is 81.1 Å². The van der Waals surface area contributed by atoms with Crippen molar-refractivity contribution in [3.8, 4) is 17.5 Å². The van der Waals surface area contributed by atoms with Gasteiger partial charge in [-0.2, -0.15) is 5.26 Å². The van der Waals surface area contributed by atoms with Crippen LogP contribution in [0, 0.1) is 35.3 Å². The van der Waals surface area contributed by atoms with Gasteiger partial charge in [-0.05, 0) is 26.0 Å². The maximum Gasteiger partial charge on any atom is 0.271 e. The van der Waals surface area contributed by atoms with Gasteiger partial charge >= 0.3 is 0 Å². The van der Waals surface area contributed by atoms with Gasteiger partial charge in [-0.3, -0.25) is 10.1 Å². The lowest BCUT2D eigenvalue weighted by Crippen LogP contribution is -2.03. The second kappa shape index (κ2) is 5.05. The van der Waals surface area contributed by atoms with E-state index >= 15 is 0 Å². The van der Waals surface area contributed by atoms with Crippen molar-refractivity contribution in [2.24, 2.45) is 0 Å². The lowest BCUT2D eigenvalue weighted by atomic mass is 10.2. The molecule has 0 aliphatic heterocycles. The molecule has 0 atom stereocenters. The molecule has 102 valence electrons. The van der Waals surface area contributed by atoms with Gasteiger partial charge in [0.15, 0.2) is 0 Å². The Morgan fingerprint density at radius 3 is 2.55 bits per heavy atom. The standard InChI is InChI=1S/C14H13N3O3/c1-9-6-11(8-15)10(2)16(9)13-7-12(17(18)19)4-5-14(13)20-3/h4-7H,1-3H3. The van der Waals surface area contributed by atoms with E-state index in [9.17, 15) is 10.1 Å². The molecule has 0 fully saturated rings. The monoisotopic (exact) mass is 271 g/mol. The van der Waals surface area contributed by atoms with Gasteiger partial charge in [0.1, 0.15) is 11.8 Å². The summed E-state index contributed by atoms with van der Waals surface area (Å²) in [6.45, 7) is 3.63. The number of benzene rings is 1. The maximum absolute atomic E-state index is 10.9. The van der Waals surface area contributed by atoms with E-state index in [1.54, 1.807) is 23.6 Å². The number of nitriles is 1. The molecule has 2 aromatic rings. The first-order valence-corrected chi connectivity index (χ1v) is 5.91. The lowest BCUT2D eigenvalue weighted by molar-refractivity contribution is -0.384. The highest BCUT2D eigenvalue weighted by atomic mass is 16.6. The SMILES string of the molecule is COc1ccc([N+](=O)[O-])cc1-n1c(C)cc(C#N)c1C. The van der Waals surface area contributed by atoms with E-state index in [0.29, 0.717) is 17.0 Å². The highest BCUT2D eigenvalue weighted by molar-refractivity contribution is 5.57. The van der Waals surface area contributed by atoms with Crippen molar-refractivity contribution in [1.82, 2.24) is 4.57 Å². The van der Waals surface area contributed by atoms with Crippen LogP contribution in [0.2, 0.25) is 0 Å². The summed E-state index contributed by atoms with van der Waals surface area (Å²) in [5.74, 6) is 0.516. The molecule has 1 aromatic carbocycles. The normalized spacial score (nSPS) is 10.1. The number of nitro groups is 1. The van der Waals surface area contributed by atoms with Crippen LogP contribution in [0.1, 0.15) is 17.0 Å². The molecule has 20 heavy (non-hydrogen) atoms. The summed E-state index contributed by atoms with van der Waals surface area (Å²) < 4.78 is 7.04. The molecule has 1 aromatic heterocycles. The summed E-state index contributed by atoms with van der Waals surface area (Å²) in [7, 11) is 1.50. The zero-order valence-electron chi connectivity index (χ0n) is 11.4. The zero-order valence-corrected chi connectivity index (χ0v) is 11.4. The van der Waals surface area contributed by atoms with Crippen molar-refractivity contribution >= 4 is 5.69 Å². The number of nitro benzene ring substituents is 1. The Morgan fingerprint density at radius 1 is 1.35 bits per heavy atom. The molecule has 0 saturated heterocycles. The Labute approximate surface area is 116 Å². The predicted octanol–water partition coefficient (Wildman–Crippen LogP) is 2.88. The summed E-state index contributed by atoms with van der Waals surface area (Å²) in [5, 5.41) is 20.0. The van der Waals surface area contributed by atoms with Gasteiger partial charge in [-0.1, -0.05) is 0 Å². The number of non-ortho nitro benzene ring substituents is 1. The Morgan fingerprint density at radius 2 is 2.05 bits per heavy atom. The van der Waals surface area contributed by atoms with Crippen LogP contribution in [0.5, 0.6) is 5.75 Å². The first kappa shape index (κ1) is 13.6. The molecule has 6 heteroatoms. The zero-order chi connectivity index (χ0) is 14.9. The maximum atomic E-state index is 10.9. The highest BCUT2D eigenvalue weighted by Gasteiger charge is 2.17. The fourth-order valence-electron chi connectivity index (χ4n) is 2.21. The molecule has 6 nitrogen and oxygen atoms in total. The lowest BCUT2D eigenvalue weighted by Gasteiger charge is -2.13. The van der Waals surface area contributed by atoms with Gasteiger partial charge in [-0.25, -0.2) is 0 Å². The summed E-state index contributed by atoms with van der Waals surface area (Å²) in [6, 6.07) is 8.24. The number of hydrogen-bond acceptors (Lipinski definition) is 4. The van der Waals surface area contributed by atoms with Gasteiger partial charge in [0, 0.05) is 23.5 Å². The molecule has 1 heterocycles. The average molecular weight is 271 g/mol. The quantitative estimate of drug-likeness (QED) is 0.635. The Hall–Kier alpha value is -2.81. The molecule has 2 rings (SSSR count). The van der Waals surface area contributed by atoms with Crippen LogP contribution in [0.15, 0.2) is 24.3 Å². The fourth-order valence-corrected chi connectivity index (χ4v) is 2.21. The number of nitrogens with zero attached hydrogens (tertiary/aromatic N) is 3. The minimum Gasteiger partial charge on any atom is -0.495 e. The van der Waals surface area contributed by atoms with Gasteiger partial charge < -0.3 is 9.30 Å². The number of aromatic nitrogens is 1. The van der Waals surface area contributed by atoms with Gasteiger partial charge in [0.25, 0.3) is 5.69 Å². The summed E-state index contributed by atoms with van der Waals surface area (Å²) in [5.41, 5.74) is 2.61. The first-order valence-electron chi connectivity index (χ1n) is 5.91. The van der Waals surface area contributed by atoms with E-state index in [4.69, 9.17) is 10.00 Å². The van der Waals surface area contributed by atoms with Crippen molar-refractivity contribution in [2.75, 3.05) is 7.11 Å². The number of rotatable bonds is 3. The molecule has 0 aliphatic rings. The van der Waals surface area contributed by atoms with Crippen molar-refractivity contribution in [3.05, 3.63) is 51.3 Å². The van der Waals surface area contributed by atoms with Crippen LogP contribution in [0.3, 0.4) is 0 Å². The third-order valence-electron chi connectivity index (χ3n) is 3.17. The van der Waals surface area contributed by atoms with Crippen LogP contribution in [0.4, 0.5) is 5.69 Å². The van der Waals surface area contributed by atoms with Crippen molar-refractivity contribution in [3.63, 3.8) is 0 Å². The molecular weight excluding hydrogens is 258 g/mol. The highest BCUT2D eigenvalue weighted by Crippen LogP contribution is 2.31. The Kier molecular flexibility index (Phi) is 3.44. The largest absolute Gasteiger partial charge is 0.495 e. The summed E-state index contributed by atoms with van der Waals surface area (Å²) >= 11 is 0. The number of methoxy groups -OCH3 is 1. The third-order valence-corrected chi connectivity index (χ3v) is 3.17. The molecule has 0 aliphatic carbocycles. The number of hydrogen-bond donors (Lipinski definition) is 0. The second-order valence-corrected chi connectivity index (χ2v) is 4.35. The van der Waals surface area contributed by atoms with Gasteiger partial charge in [0.05, 0.1) is 23.3 Å². The van der Waals surface area contributed by atoms with Crippen molar-refractivity contribution in [2.45, 2.75) is 13.8 Å². The predicted molar refractivity (Wildman–Crippen MR) is 73.2 cm³/mol. The molecule has 0 unspecified atom stereocenters. The minimum atomic E-state index is -0.456. The molecular formula is C14H13N3O3. The van der Waals surface area contributed by atoms with Gasteiger partial charge in [-0.15, -0.1) is 0 Å². The van der Waals surface area contributed by atoms with E-state index in [1.165, 1.54) is 19.2 Å². The fraction of sp³-hybridized carbons (Fsp3) is 0.214. The van der Waals surface area contributed by atoms with E-state index < -0.39 is 4.92 Å². The second-order valence-electron chi connectivity index (χ2n) is 4.35. The van der Waals surface area contributed by atoms with Crippen LogP contribution in [0.25, 0.3) is 5.69 Å². The van der Waals surface area contributed by atoms with Crippen LogP contribution < -0.4 is 4.74 Å². The van der Waals surface area contributed by atoms with E-state index in [1.807, 2.05) is 6.92 Å². The van der Waals surface area contributed by atoms with E-state index in [2.05, 4.69) is 6.07 Å². The van der Waals surface area contributed by atoms with Crippen LogP contribution in [-0.4, -0.2) is 16.6 Å². The third kappa shape index (κ3) is 2.10. The smallest absolute Gasteiger partial charge is 0.271 e. The summed E-state index contributed by atoms with van der Waals surface area (Å²) in [6.07, 6.45) is 0. The molecule has 0 amide bonds. The number of ether oxygens (including phenoxy) is 1. The van der Waals surface area contributed by atoms with E-state index in [0.717, 1.165) is 11.4 Å². The molecule has 0 spiro atoms. The minimum absolute atomic E-state index is 0.0215. The average Bonchev–Trinajstić information content (AvgIpc) is 2.72. The molecule has 0 saturated carbocycles. The molecule has 0 radical (unpaired) electrons. The number of aryl methyl sites for hydroxylation is 1. The van der Waals surface area contributed by atoms with E-state index in [-0.39, 0.29) is 5.69 Å².